The molecule has 0 saturated carbocycles. The van der Waals surface area contributed by atoms with E-state index in [1.54, 1.807) is 23.2 Å². The van der Waals surface area contributed by atoms with E-state index in [-0.39, 0.29) is 17.9 Å². The number of carbonyl (C=O) groups is 2. The lowest BCUT2D eigenvalue weighted by molar-refractivity contribution is -0.117. The summed E-state index contributed by atoms with van der Waals surface area (Å²) < 4.78 is 5.07. The number of carbonyl (C=O) groups excluding carboxylic acids is 2. The summed E-state index contributed by atoms with van der Waals surface area (Å²) in [5, 5.41) is 6.92. The van der Waals surface area contributed by atoms with Gasteiger partial charge in [-0.3, -0.25) is 9.69 Å². The number of nitrogens with one attached hydrogen (secondary N) is 1. The molecule has 1 aromatic heterocycles. The molecule has 0 spiro atoms. The lowest BCUT2D eigenvalue weighted by Crippen LogP contribution is -2.29. The Morgan fingerprint density at radius 2 is 2.21 bits per heavy atom. The van der Waals surface area contributed by atoms with Crippen LogP contribution in [0.2, 0.25) is 0 Å². The summed E-state index contributed by atoms with van der Waals surface area (Å²) in [5.74, 6) is -0.228. The van der Waals surface area contributed by atoms with Gasteiger partial charge < -0.3 is 10.1 Å². The maximum Gasteiger partial charge on any atom is 0.414 e. The second-order valence-electron chi connectivity index (χ2n) is 5.71. The average molecular weight is 344 g/mol. The van der Waals surface area contributed by atoms with Gasteiger partial charge in [0.1, 0.15) is 0 Å². The Hall–Kier alpha value is -2.34. The van der Waals surface area contributed by atoms with Crippen LogP contribution < -0.4 is 10.2 Å². The largest absolute Gasteiger partial charge is 0.449 e. The first-order valence-electron chi connectivity index (χ1n) is 8.00. The number of thiophene rings is 1. The third kappa shape index (κ3) is 3.28. The monoisotopic (exact) mass is 344 g/mol. The highest BCUT2D eigenvalue weighted by Crippen LogP contribution is 2.31. The number of amides is 2. The van der Waals surface area contributed by atoms with Crippen LogP contribution in [0, 0.1) is 0 Å². The smallest absolute Gasteiger partial charge is 0.414 e. The SMILES string of the molecule is CCOC(=O)N1CCc2cc(NC(=O)[C@H](C)c3ccsc3)ccc21. The lowest BCUT2D eigenvalue weighted by Gasteiger charge is -2.17. The van der Waals surface area contributed by atoms with E-state index in [9.17, 15) is 9.59 Å². The Bertz CT molecular complexity index is 743. The predicted octanol–water partition coefficient (Wildman–Crippen LogP) is 4.01. The lowest BCUT2D eigenvalue weighted by atomic mass is 10.0. The third-order valence-corrected chi connectivity index (χ3v) is 4.87. The van der Waals surface area contributed by atoms with E-state index in [0.29, 0.717) is 13.2 Å². The van der Waals surface area contributed by atoms with Gasteiger partial charge in [-0.2, -0.15) is 11.3 Å². The molecule has 24 heavy (non-hydrogen) atoms. The second-order valence-corrected chi connectivity index (χ2v) is 6.49. The fourth-order valence-electron chi connectivity index (χ4n) is 2.79. The Balaban J connectivity index is 1.71. The summed E-state index contributed by atoms with van der Waals surface area (Å²) in [6.07, 6.45) is 0.442. The normalized spacial score (nSPS) is 14.2. The number of anilines is 2. The highest BCUT2D eigenvalue weighted by Gasteiger charge is 2.26. The molecule has 0 unspecified atom stereocenters. The Morgan fingerprint density at radius 3 is 2.92 bits per heavy atom. The standard InChI is InChI=1S/C18H20N2O3S/c1-3-23-18(22)20-8-6-13-10-15(4-5-16(13)20)19-17(21)12(2)14-7-9-24-11-14/h4-5,7,9-12H,3,6,8H2,1-2H3,(H,19,21)/t12-/m1/s1. The van der Waals surface area contributed by atoms with E-state index in [1.807, 2.05) is 41.9 Å². The maximum atomic E-state index is 12.4. The van der Waals surface area contributed by atoms with Crippen molar-refractivity contribution in [3.05, 3.63) is 46.2 Å². The highest BCUT2D eigenvalue weighted by molar-refractivity contribution is 7.08. The summed E-state index contributed by atoms with van der Waals surface area (Å²) in [5.41, 5.74) is 3.68. The Morgan fingerprint density at radius 1 is 1.38 bits per heavy atom. The number of hydrogen-bond donors (Lipinski definition) is 1. The minimum absolute atomic E-state index is 0.0337. The summed E-state index contributed by atoms with van der Waals surface area (Å²) in [7, 11) is 0. The predicted molar refractivity (Wildman–Crippen MR) is 95.9 cm³/mol. The van der Waals surface area contributed by atoms with Gasteiger partial charge in [0.25, 0.3) is 0 Å². The van der Waals surface area contributed by atoms with E-state index in [2.05, 4.69) is 5.32 Å². The van der Waals surface area contributed by atoms with Crippen molar-refractivity contribution < 1.29 is 14.3 Å². The summed E-state index contributed by atoms with van der Waals surface area (Å²) >= 11 is 1.59. The molecule has 0 radical (unpaired) electrons. The molecule has 1 atom stereocenters. The van der Waals surface area contributed by atoms with Crippen LogP contribution in [-0.2, 0) is 16.0 Å². The van der Waals surface area contributed by atoms with Gasteiger partial charge in [0.05, 0.1) is 18.2 Å². The Labute approximate surface area is 145 Å². The summed E-state index contributed by atoms with van der Waals surface area (Å²) in [4.78, 5) is 25.9. The van der Waals surface area contributed by atoms with Gasteiger partial charge in [0.2, 0.25) is 5.91 Å². The number of hydrogen-bond acceptors (Lipinski definition) is 4. The molecule has 1 N–H and O–H groups in total. The molecule has 126 valence electrons. The van der Waals surface area contributed by atoms with Crippen molar-refractivity contribution in [2.24, 2.45) is 0 Å². The van der Waals surface area contributed by atoms with Crippen LogP contribution >= 0.6 is 11.3 Å². The van der Waals surface area contributed by atoms with E-state index in [1.165, 1.54) is 0 Å². The van der Waals surface area contributed by atoms with Crippen molar-refractivity contribution in [1.29, 1.82) is 0 Å². The summed E-state index contributed by atoms with van der Waals surface area (Å²) in [6.45, 7) is 4.66. The van der Waals surface area contributed by atoms with Gasteiger partial charge in [-0.25, -0.2) is 4.79 Å². The molecule has 2 heterocycles. The zero-order valence-electron chi connectivity index (χ0n) is 13.7. The molecule has 0 aliphatic carbocycles. The van der Waals surface area contributed by atoms with E-state index in [4.69, 9.17) is 4.74 Å². The van der Waals surface area contributed by atoms with Gasteiger partial charge in [-0.1, -0.05) is 0 Å². The molecular formula is C18H20N2O3S. The van der Waals surface area contributed by atoms with E-state index < -0.39 is 0 Å². The average Bonchev–Trinajstić information content (AvgIpc) is 3.23. The maximum absolute atomic E-state index is 12.4. The number of nitrogens with zero attached hydrogens (tertiary/aromatic N) is 1. The minimum atomic E-state index is -0.320. The quantitative estimate of drug-likeness (QED) is 0.912. The molecule has 5 nitrogen and oxygen atoms in total. The van der Waals surface area contributed by atoms with Crippen LogP contribution in [-0.4, -0.2) is 25.2 Å². The highest BCUT2D eigenvalue weighted by atomic mass is 32.1. The van der Waals surface area contributed by atoms with E-state index >= 15 is 0 Å². The summed E-state index contributed by atoms with van der Waals surface area (Å²) in [6, 6.07) is 7.60. The van der Waals surface area contributed by atoms with Crippen LogP contribution in [0.5, 0.6) is 0 Å². The number of ether oxygens (including phenoxy) is 1. The first kappa shape index (κ1) is 16.5. The molecular weight excluding hydrogens is 324 g/mol. The fraction of sp³-hybridized carbons (Fsp3) is 0.333. The molecule has 6 heteroatoms. The molecule has 0 bridgehead atoms. The zero-order chi connectivity index (χ0) is 17.1. The number of rotatable bonds is 4. The molecule has 3 rings (SSSR count). The van der Waals surface area contributed by atoms with Crippen LogP contribution in [0.3, 0.4) is 0 Å². The van der Waals surface area contributed by atoms with Crippen molar-refractivity contribution in [2.75, 3.05) is 23.4 Å². The molecule has 0 fully saturated rings. The number of fused-ring (bicyclic) bond motifs is 1. The number of benzene rings is 1. The van der Waals surface area contributed by atoms with Crippen molar-refractivity contribution >= 4 is 34.7 Å². The topological polar surface area (TPSA) is 58.6 Å². The van der Waals surface area contributed by atoms with Crippen LogP contribution in [0.15, 0.2) is 35.0 Å². The third-order valence-electron chi connectivity index (χ3n) is 4.17. The Kier molecular flexibility index (Phi) is 4.85. The fourth-order valence-corrected chi connectivity index (χ4v) is 3.55. The molecule has 1 aromatic carbocycles. The van der Waals surface area contributed by atoms with Crippen LogP contribution in [0.4, 0.5) is 16.2 Å². The molecule has 2 amide bonds. The molecule has 0 saturated heterocycles. The minimum Gasteiger partial charge on any atom is -0.449 e. The molecule has 1 aliphatic heterocycles. The second kappa shape index (κ2) is 7.05. The first-order chi connectivity index (χ1) is 11.6. The van der Waals surface area contributed by atoms with Gasteiger partial charge >= 0.3 is 6.09 Å². The van der Waals surface area contributed by atoms with Gasteiger partial charge in [0, 0.05) is 12.2 Å². The van der Waals surface area contributed by atoms with Crippen molar-refractivity contribution in [1.82, 2.24) is 0 Å². The molecule has 2 aromatic rings. The van der Waals surface area contributed by atoms with Gasteiger partial charge in [-0.05, 0) is 66.4 Å². The van der Waals surface area contributed by atoms with Crippen molar-refractivity contribution in [3.8, 4) is 0 Å². The zero-order valence-corrected chi connectivity index (χ0v) is 14.6. The first-order valence-corrected chi connectivity index (χ1v) is 8.94. The van der Waals surface area contributed by atoms with E-state index in [0.717, 1.165) is 28.9 Å². The van der Waals surface area contributed by atoms with Crippen LogP contribution in [0.25, 0.3) is 0 Å². The molecule has 1 aliphatic rings. The van der Waals surface area contributed by atoms with Crippen LogP contribution in [0.1, 0.15) is 30.9 Å². The van der Waals surface area contributed by atoms with Gasteiger partial charge in [0.15, 0.2) is 0 Å². The van der Waals surface area contributed by atoms with Gasteiger partial charge in [-0.15, -0.1) is 0 Å². The van der Waals surface area contributed by atoms with Crippen molar-refractivity contribution in [3.63, 3.8) is 0 Å². The van der Waals surface area contributed by atoms with Crippen molar-refractivity contribution in [2.45, 2.75) is 26.2 Å².